The van der Waals surface area contributed by atoms with Gasteiger partial charge in [0.1, 0.15) is 0 Å². The zero-order chi connectivity index (χ0) is 6.69. The molecule has 0 aromatic carbocycles. The average Bonchev–Trinajstić information content (AvgIpc) is 2.18. The first-order valence-electron chi connectivity index (χ1n) is 3.67. The second kappa shape index (κ2) is 3.18. The Morgan fingerprint density at radius 1 is 1.56 bits per heavy atom. The highest BCUT2D eigenvalue weighted by Gasteiger charge is 2.22. The van der Waals surface area contributed by atoms with Crippen LogP contribution < -0.4 is 5.32 Å². The van der Waals surface area contributed by atoms with E-state index >= 15 is 0 Å². The molecule has 1 heterocycles. The van der Waals surface area contributed by atoms with E-state index in [2.05, 4.69) is 12.2 Å². The minimum absolute atomic E-state index is 0.468. The third-order valence-electron chi connectivity index (χ3n) is 1.83. The molecule has 0 aromatic rings. The number of ether oxygens (including phenoxy) is 1. The smallest absolute Gasteiger partial charge is 0.0736 e. The molecule has 1 fully saturated rings. The summed E-state index contributed by atoms with van der Waals surface area (Å²) in [5.74, 6) is 0.699. The number of hydrogen-bond donors (Lipinski definition) is 1. The Morgan fingerprint density at radius 3 is 2.78 bits per heavy atom. The van der Waals surface area contributed by atoms with Gasteiger partial charge < -0.3 is 10.1 Å². The van der Waals surface area contributed by atoms with Crippen molar-refractivity contribution in [1.82, 2.24) is 5.32 Å². The quantitative estimate of drug-likeness (QED) is 0.590. The van der Waals surface area contributed by atoms with Gasteiger partial charge >= 0.3 is 0 Å². The largest absolute Gasteiger partial charge is 0.377 e. The van der Waals surface area contributed by atoms with Crippen LogP contribution >= 0.6 is 0 Å². The summed E-state index contributed by atoms with van der Waals surface area (Å²) in [5.41, 5.74) is 0. The van der Waals surface area contributed by atoms with Crippen LogP contribution in [0.25, 0.3) is 0 Å². The van der Waals surface area contributed by atoms with Crippen molar-refractivity contribution in [3.63, 3.8) is 0 Å². The van der Waals surface area contributed by atoms with E-state index in [1.54, 1.807) is 0 Å². The highest BCUT2D eigenvalue weighted by atomic mass is 16.5. The molecule has 0 amide bonds. The lowest BCUT2D eigenvalue weighted by atomic mass is 10.1. The van der Waals surface area contributed by atoms with Crippen molar-refractivity contribution in [3.8, 4) is 0 Å². The molecular weight excluding hydrogens is 114 g/mol. The molecule has 1 N–H and O–H groups in total. The lowest BCUT2D eigenvalue weighted by molar-refractivity contribution is 0.0518. The van der Waals surface area contributed by atoms with E-state index in [1.807, 2.05) is 6.92 Å². The monoisotopic (exact) mass is 129 g/mol. The van der Waals surface area contributed by atoms with E-state index in [4.69, 9.17) is 4.74 Å². The molecule has 9 heavy (non-hydrogen) atoms. The molecule has 1 rings (SSSR count). The van der Waals surface area contributed by atoms with Gasteiger partial charge in [-0.15, -0.1) is 0 Å². The Bertz CT molecular complexity index is 85.0. The molecular formula is C7H15NO. The Kier molecular flexibility index (Phi) is 2.49. The normalized spacial score (nSPS) is 35.3. The van der Waals surface area contributed by atoms with Crippen LogP contribution in [0.15, 0.2) is 0 Å². The average molecular weight is 129 g/mol. The maximum atomic E-state index is 5.45. The van der Waals surface area contributed by atoms with Crippen molar-refractivity contribution in [2.75, 3.05) is 19.7 Å². The van der Waals surface area contributed by atoms with Gasteiger partial charge in [0.25, 0.3) is 0 Å². The number of rotatable bonds is 2. The Morgan fingerprint density at radius 2 is 2.33 bits per heavy atom. The van der Waals surface area contributed by atoms with Crippen molar-refractivity contribution >= 4 is 0 Å². The summed E-state index contributed by atoms with van der Waals surface area (Å²) >= 11 is 0. The number of hydrogen-bond acceptors (Lipinski definition) is 2. The standard InChI is InChI=1S/C7H15NO/c1-3-9-7-5-8-4-6(7)2/h6-8H,3-5H2,1-2H3. The van der Waals surface area contributed by atoms with E-state index < -0.39 is 0 Å². The van der Waals surface area contributed by atoms with Crippen molar-refractivity contribution in [3.05, 3.63) is 0 Å². The van der Waals surface area contributed by atoms with Gasteiger partial charge in [0.15, 0.2) is 0 Å². The van der Waals surface area contributed by atoms with Gasteiger partial charge in [-0.05, 0) is 12.8 Å². The van der Waals surface area contributed by atoms with Gasteiger partial charge in [-0.2, -0.15) is 0 Å². The number of nitrogens with one attached hydrogen (secondary N) is 1. The molecule has 1 aliphatic rings. The highest BCUT2D eigenvalue weighted by Crippen LogP contribution is 2.10. The second-order valence-electron chi connectivity index (χ2n) is 2.63. The first-order valence-corrected chi connectivity index (χ1v) is 3.67. The summed E-state index contributed by atoms with van der Waals surface area (Å²) in [6.07, 6.45) is 0.468. The molecule has 0 aliphatic carbocycles. The molecule has 0 aromatic heterocycles. The molecule has 0 radical (unpaired) electrons. The Labute approximate surface area is 56.6 Å². The fourth-order valence-electron chi connectivity index (χ4n) is 1.22. The van der Waals surface area contributed by atoms with Crippen molar-refractivity contribution in [2.24, 2.45) is 5.92 Å². The first kappa shape index (κ1) is 7.03. The predicted octanol–water partition coefficient (Wildman–Crippen LogP) is 0.631. The first-order chi connectivity index (χ1) is 4.34. The minimum atomic E-state index is 0.468. The summed E-state index contributed by atoms with van der Waals surface area (Å²) in [6, 6.07) is 0. The van der Waals surface area contributed by atoms with Crippen LogP contribution in [0.4, 0.5) is 0 Å². The maximum Gasteiger partial charge on any atom is 0.0736 e. The van der Waals surface area contributed by atoms with Gasteiger partial charge in [-0.25, -0.2) is 0 Å². The Hall–Kier alpha value is -0.0800. The molecule has 0 saturated carbocycles. The van der Waals surface area contributed by atoms with Gasteiger partial charge in [0.05, 0.1) is 6.10 Å². The van der Waals surface area contributed by atoms with Gasteiger partial charge in [-0.3, -0.25) is 0 Å². The zero-order valence-corrected chi connectivity index (χ0v) is 6.18. The maximum absolute atomic E-state index is 5.45. The topological polar surface area (TPSA) is 21.3 Å². The predicted molar refractivity (Wildman–Crippen MR) is 37.4 cm³/mol. The van der Waals surface area contributed by atoms with E-state index in [1.165, 1.54) is 0 Å². The molecule has 2 nitrogen and oxygen atoms in total. The third kappa shape index (κ3) is 1.66. The molecule has 2 atom stereocenters. The lowest BCUT2D eigenvalue weighted by Crippen LogP contribution is -2.20. The van der Waals surface area contributed by atoms with Crippen LogP contribution in [0.2, 0.25) is 0 Å². The summed E-state index contributed by atoms with van der Waals surface area (Å²) < 4.78 is 5.45. The van der Waals surface area contributed by atoms with E-state index in [0.717, 1.165) is 19.7 Å². The van der Waals surface area contributed by atoms with Crippen LogP contribution in [0, 0.1) is 5.92 Å². The molecule has 54 valence electrons. The Balaban J connectivity index is 2.22. The van der Waals surface area contributed by atoms with Crippen molar-refractivity contribution < 1.29 is 4.74 Å². The zero-order valence-electron chi connectivity index (χ0n) is 6.18. The van der Waals surface area contributed by atoms with Crippen LogP contribution in [-0.2, 0) is 4.74 Å². The summed E-state index contributed by atoms with van der Waals surface area (Å²) in [6.45, 7) is 7.27. The van der Waals surface area contributed by atoms with E-state index in [9.17, 15) is 0 Å². The van der Waals surface area contributed by atoms with Gasteiger partial charge in [-0.1, -0.05) is 6.92 Å². The summed E-state index contributed by atoms with van der Waals surface area (Å²) in [7, 11) is 0. The summed E-state index contributed by atoms with van der Waals surface area (Å²) in [5, 5.41) is 3.28. The van der Waals surface area contributed by atoms with Crippen LogP contribution in [0.5, 0.6) is 0 Å². The van der Waals surface area contributed by atoms with Crippen molar-refractivity contribution in [1.29, 1.82) is 0 Å². The third-order valence-corrected chi connectivity index (χ3v) is 1.83. The molecule has 2 unspecified atom stereocenters. The molecule has 1 aliphatic heterocycles. The van der Waals surface area contributed by atoms with E-state index in [0.29, 0.717) is 12.0 Å². The SMILES string of the molecule is CCOC1CNCC1C. The fourth-order valence-corrected chi connectivity index (χ4v) is 1.22. The van der Waals surface area contributed by atoms with Crippen LogP contribution in [0.3, 0.4) is 0 Å². The molecule has 2 heteroatoms. The molecule has 1 saturated heterocycles. The van der Waals surface area contributed by atoms with Crippen LogP contribution in [0.1, 0.15) is 13.8 Å². The van der Waals surface area contributed by atoms with Crippen LogP contribution in [-0.4, -0.2) is 25.8 Å². The van der Waals surface area contributed by atoms with Crippen molar-refractivity contribution in [2.45, 2.75) is 20.0 Å². The van der Waals surface area contributed by atoms with Gasteiger partial charge in [0, 0.05) is 19.7 Å². The molecule has 0 spiro atoms. The lowest BCUT2D eigenvalue weighted by Gasteiger charge is -2.12. The summed E-state index contributed by atoms with van der Waals surface area (Å²) in [4.78, 5) is 0. The minimum Gasteiger partial charge on any atom is -0.377 e. The van der Waals surface area contributed by atoms with E-state index in [-0.39, 0.29) is 0 Å². The second-order valence-corrected chi connectivity index (χ2v) is 2.63. The molecule has 0 bridgehead atoms. The highest BCUT2D eigenvalue weighted by molar-refractivity contribution is 4.77. The van der Waals surface area contributed by atoms with Gasteiger partial charge in [0.2, 0.25) is 0 Å². The fraction of sp³-hybridized carbons (Fsp3) is 1.00.